The lowest BCUT2D eigenvalue weighted by Crippen LogP contribution is -2.08. The molecule has 0 saturated carbocycles. The van der Waals surface area contributed by atoms with Crippen molar-refractivity contribution in [3.05, 3.63) is 28.4 Å². The zero-order valence-electron chi connectivity index (χ0n) is 11.7. The van der Waals surface area contributed by atoms with Gasteiger partial charge in [-0.15, -0.1) is 11.3 Å². The molecule has 0 spiro atoms. The van der Waals surface area contributed by atoms with E-state index in [2.05, 4.69) is 15.3 Å². The average Bonchev–Trinajstić information content (AvgIpc) is 2.90. The van der Waals surface area contributed by atoms with E-state index in [0.29, 0.717) is 17.1 Å². The Labute approximate surface area is 126 Å². The number of hydrogen-bond acceptors (Lipinski definition) is 7. The second-order valence-corrected chi connectivity index (χ2v) is 5.96. The SMILES string of the molecule is COC(=O)c1cc(N)cnc1Nc1nc2c(s1)CCCC2. The topological polar surface area (TPSA) is 90.1 Å². The first-order valence-corrected chi connectivity index (χ1v) is 7.58. The first kappa shape index (κ1) is 13.8. The van der Waals surface area contributed by atoms with Gasteiger partial charge < -0.3 is 15.8 Å². The van der Waals surface area contributed by atoms with E-state index in [1.54, 1.807) is 17.4 Å². The summed E-state index contributed by atoms with van der Waals surface area (Å²) in [5.41, 5.74) is 7.57. The number of rotatable bonds is 3. The Morgan fingerprint density at radius 1 is 1.43 bits per heavy atom. The van der Waals surface area contributed by atoms with Gasteiger partial charge in [0.2, 0.25) is 0 Å². The quantitative estimate of drug-likeness (QED) is 0.847. The molecule has 3 N–H and O–H groups in total. The fourth-order valence-corrected chi connectivity index (χ4v) is 3.40. The van der Waals surface area contributed by atoms with Gasteiger partial charge in [-0.25, -0.2) is 14.8 Å². The molecule has 0 radical (unpaired) electrons. The molecule has 2 aromatic heterocycles. The normalized spacial score (nSPS) is 13.6. The Balaban J connectivity index is 1.90. The molecule has 110 valence electrons. The van der Waals surface area contributed by atoms with Crippen LogP contribution in [0.2, 0.25) is 0 Å². The number of carbonyl (C=O) groups excluding carboxylic acids is 1. The van der Waals surface area contributed by atoms with Crippen molar-refractivity contribution >= 4 is 33.9 Å². The van der Waals surface area contributed by atoms with Crippen LogP contribution in [0, 0.1) is 0 Å². The number of nitrogens with two attached hydrogens (primary N) is 1. The van der Waals surface area contributed by atoms with Crippen LogP contribution in [-0.2, 0) is 17.6 Å². The molecular formula is C14H16N4O2S. The number of fused-ring (bicyclic) bond motifs is 1. The first-order chi connectivity index (χ1) is 10.2. The number of ether oxygens (including phenoxy) is 1. The summed E-state index contributed by atoms with van der Waals surface area (Å²) in [5.74, 6) is -0.0548. The molecule has 3 rings (SSSR count). The van der Waals surface area contributed by atoms with Gasteiger partial charge >= 0.3 is 5.97 Å². The minimum absolute atomic E-state index is 0.311. The van der Waals surface area contributed by atoms with Crippen molar-refractivity contribution in [2.24, 2.45) is 0 Å². The molecule has 2 aromatic rings. The average molecular weight is 304 g/mol. The van der Waals surface area contributed by atoms with E-state index >= 15 is 0 Å². The molecule has 21 heavy (non-hydrogen) atoms. The highest BCUT2D eigenvalue weighted by Crippen LogP contribution is 2.31. The maximum absolute atomic E-state index is 11.8. The van der Waals surface area contributed by atoms with Gasteiger partial charge in [0.05, 0.1) is 24.7 Å². The number of hydrogen-bond donors (Lipinski definition) is 2. The molecule has 0 aromatic carbocycles. The third-order valence-corrected chi connectivity index (χ3v) is 4.46. The zero-order chi connectivity index (χ0) is 14.8. The molecule has 6 nitrogen and oxygen atoms in total. The number of anilines is 3. The number of esters is 1. The fourth-order valence-electron chi connectivity index (χ4n) is 2.35. The maximum Gasteiger partial charge on any atom is 0.341 e. The van der Waals surface area contributed by atoms with Crippen LogP contribution in [0.4, 0.5) is 16.6 Å². The largest absolute Gasteiger partial charge is 0.465 e. The van der Waals surface area contributed by atoms with E-state index < -0.39 is 5.97 Å². The Morgan fingerprint density at radius 3 is 3.00 bits per heavy atom. The molecule has 0 bridgehead atoms. The molecule has 1 aliphatic rings. The molecule has 2 heterocycles. The van der Waals surface area contributed by atoms with E-state index in [1.807, 2.05) is 0 Å². The highest BCUT2D eigenvalue weighted by atomic mass is 32.1. The van der Waals surface area contributed by atoms with Gasteiger partial charge in [-0.1, -0.05) is 0 Å². The number of pyridine rings is 1. The molecule has 0 aliphatic heterocycles. The number of carbonyl (C=O) groups is 1. The third-order valence-electron chi connectivity index (χ3n) is 3.39. The predicted octanol–water partition coefficient (Wildman–Crippen LogP) is 2.53. The van der Waals surface area contributed by atoms with Crippen molar-refractivity contribution < 1.29 is 9.53 Å². The Kier molecular flexibility index (Phi) is 3.74. The highest BCUT2D eigenvalue weighted by molar-refractivity contribution is 7.15. The summed E-state index contributed by atoms with van der Waals surface area (Å²) in [7, 11) is 1.33. The van der Waals surface area contributed by atoms with Crippen LogP contribution >= 0.6 is 11.3 Å². The van der Waals surface area contributed by atoms with Crippen molar-refractivity contribution in [2.45, 2.75) is 25.7 Å². The highest BCUT2D eigenvalue weighted by Gasteiger charge is 2.18. The zero-order valence-corrected chi connectivity index (χ0v) is 12.5. The monoisotopic (exact) mass is 304 g/mol. The second-order valence-electron chi connectivity index (χ2n) is 4.88. The standard InChI is InChI=1S/C14H16N4O2S/c1-20-13(19)9-6-8(15)7-16-12(9)18-14-17-10-4-2-3-5-11(10)21-14/h6-7H,2-5,15H2,1H3,(H,16,17,18). The molecule has 0 amide bonds. The summed E-state index contributed by atoms with van der Waals surface area (Å²) < 4.78 is 4.76. The third kappa shape index (κ3) is 2.82. The van der Waals surface area contributed by atoms with E-state index in [4.69, 9.17) is 10.5 Å². The van der Waals surface area contributed by atoms with E-state index in [1.165, 1.54) is 31.0 Å². The van der Waals surface area contributed by atoms with Gasteiger partial charge in [-0.3, -0.25) is 0 Å². The summed E-state index contributed by atoms with van der Waals surface area (Å²) in [6.07, 6.45) is 5.99. The van der Waals surface area contributed by atoms with Gasteiger partial charge in [0.1, 0.15) is 11.4 Å². The summed E-state index contributed by atoms with van der Waals surface area (Å²) in [5, 5.41) is 3.87. The molecule has 0 saturated heterocycles. The summed E-state index contributed by atoms with van der Waals surface area (Å²) >= 11 is 1.62. The number of aryl methyl sites for hydroxylation is 2. The van der Waals surface area contributed by atoms with Gasteiger partial charge in [-0.2, -0.15) is 0 Å². The van der Waals surface area contributed by atoms with Gasteiger partial charge in [-0.05, 0) is 31.7 Å². The summed E-state index contributed by atoms with van der Waals surface area (Å²) in [6, 6.07) is 1.55. The van der Waals surface area contributed by atoms with Gasteiger partial charge in [0.25, 0.3) is 0 Å². The van der Waals surface area contributed by atoms with Crippen LogP contribution in [0.25, 0.3) is 0 Å². The molecule has 0 unspecified atom stereocenters. The number of nitrogens with one attached hydrogen (secondary N) is 1. The predicted molar refractivity (Wildman–Crippen MR) is 82.0 cm³/mol. The van der Waals surface area contributed by atoms with Crippen molar-refractivity contribution in [3.63, 3.8) is 0 Å². The molecule has 1 aliphatic carbocycles. The number of nitrogens with zero attached hydrogens (tertiary/aromatic N) is 2. The van der Waals surface area contributed by atoms with Crippen molar-refractivity contribution in [1.82, 2.24) is 9.97 Å². The minimum Gasteiger partial charge on any atom is -0.465 e. The summed E-state index contributed by atoms with van der Waals surface area (Å²) in [4.78, 5) is 21.9. The molecule has 0 atom stereocenters. The van der Waals surface area contributed by atoms with Crippen LogP contribution in [-0.4, -0.2) is 23.0 Å². The molecular weight excluding hydrogens is 288 g/mol. The minimum atomic E-state index is -0.474. The Morgan fingerprint density at radius 2 is 2.24 bits per heavy atom. The fraction of sp³-hybridized carbons (Fsp3) is 0.357. The lowest BCUT2D eigenvalue weighted by Gasteiger charge is -2.08. The first-order valence-electron chi connectivity index (χ1n) is 6.77. The van der Waals surface area contributed by atoms with Crippen LogP contribution < -0.4 is 11.1 Å². The van der Waals surface area contributed by atoms with Crippen LogP contribution in [0.5, 0.6) is 0 Å². The number of thiazole rings is 1. The summed E-state index contributed by atoms with van der Waals surface area (Å²) in [6.45, 7) is 0. The smallest absolute Gasteiger partial charge is 0.341 e. The second kappa shape index (κ2) is 5.69. The number of aromatic nitrogens is 2. The Hall–Kier alpha value is -2.15. The van der Waals surface area contributed by atoms with E-state index in [9.17, 15) is 4.79 Å². The van der Waals surface area contributed by atoms with Crippen molar-refractivity contribution in [1.29, 1.82) is 0 Å². The lowest BCUT2D eigenvalue weighted by atomic mass is 10.0. The van der Waals surface area contributed by atoms with Crippen LogP contribution in [0.15, 0.2) is 12.3 Å². The lowest BCUT2D eigenvalue weighted by molar-refractivity contribution is 0.0601. The van der Waals surface area contributed by atoms with Crippen molar-refractivity contribution in [3.8, 4) is 0 Å². The van der Waals surface area contributed by atoms with Gasteiger partial charge in [0.15, 0.2) is 5.13 Å². The molecule has 7 heteroatoms. The van der Waals surface area contributed by atoms with Gasteiger partial charge in [0, 0.05) is 4.88 Å². The van der Waals surface area contributed by atoms with Crippen LogP contribution in [0.1, 0.15) is 33.8 Å². The van der Waals surface area contributed by atoms with E-state index in [0.717, 1.165) is 23.7 Å². The molecule has 0 fully saturated rings. The van der Waals surface area contributed by atoms with Crippen molar-refractivity contribution in [2.75, 3.05) is 18.2 Å². The Bertz CT molecular complexity index is 660. The van der Waals surface area contributed by atoms with Crippen LogP contribution in [0.3, 0.4) is 0 Å². The number of methoxy groups -OCH3 is 1. The number of nitrogen functional groups attached to an aromatic ring is 1. The maximum atomic E-state index is 11.8. The van der Waals surface area contributed by atoms with E-state index in [-0.39, 0.29) is 0 Å².